The van der Waals surface area contributed by atoms with E-state index in [1.54, 1.807) is 24.3 Å². The molecule has 1 saturated heterocycles. The zero-order valence-electron chi connectivity index (χ0n) is 19.9. The highest BCUT2D eigenvalue weighted by Gasteiger charge is 2.46. The van der Waals surface area contributed by atoms with Gasteiger partial charge in [0.15, 0.2) is 0 Å². The fraction of sp³-hybridized carbons (Fsp3) is 0.385. The molecule has 0 saturated carbocycles. The van der Waals surface area contributed by atoms with Gasteiger partial charge in [-0.1, -0.05) is 18.2 Å². The van der Waals surface area contributed by atoms with Crippen LogP contribution in [0.3, 0.4) is 0 Å². The molecular formula is C26H32N2O5. The van der Waals surface area contributed by atoms with Crippen molar-refractivity contribution in [3.8, 4) is 11.5 Å². The third kappa shape index (κ3) is 5.37. The van der Waals surface area contributed by atoms with E-state index in [4.69, 9.17) is 9.47 Å². The van der Waals surface area contributed by atoms with Crippen molar-refractivity contribution < 1.29 is 24.2 Å². The predicted octanol–water partition coefficient (Wildman–Crippen LogP) is 3.86. The number of likely N-dealkylation sites (N-methyl/N-ethyl adjacent to an activating group) is 1. The van der Waals surface area contributed by atoms with Gasteiger partial charge < -0.3 is 24.4 Å². The minimum Gasteiger partial charge on any atom is -0.507 e. The molecule has 1 atom stereocenters. The summed E-state index contributed by atoms with van der Waals surface area (Å²) in [5.74, 6) is -0.313. The minimum absolute atomic E-state index is 0.0153. The monoisotopic (exact) mass is 452 g/mol. The number of ether oxygens (including phenoxy) is 2. The maximum absolute atomic E-state index is 13.2. The second-order valence-electron chi connectivity index (χ2n) is 8.46. The first-order valence-corrected chi connectivity index (χ1v) is 11.2. The van der Waals surface area contributed by atoms with Gasteiger partial charge in [0.2, 0.25) is 0 Å². The smallest absolute Gasteiger partial charge is 0.295 e. The van der Waals surface area contributed by atoms with Crippen LogP contribution < -0.4 is 9.47 Å². The number of ketones is 1. The van der Waals surface area contributed by atoms with Crippen LogP contribution in [0.25, 0.3) is 5.76 Å². The Balaban J connectivity index is 2.12. The molecule has 0 radical (unpaired) electrons. The second kappa shape index (κ2) is 10.5. The van der Waals surface area contributed by atoms with E-state index in [1.165, 1.54) is 4.90 Å². The molecule has 1 fully saturated rings. The van der Waals surface area contributed by atoms with Crippen LogP contribution in [-0.2, 0) is 9.59 Å². The summed E-state index contributed by atoms with van der Waals surface area (Å²) < 4.78 is 11.5. The fourth-order valence-corrected chi connectivity index (χ4v) is 3.85. The Morgan fingerprint density at radius 1 is 1.09 bits per heavy atom. The van der Waals surface area contributed by atoms with E-state index < -0.39 is 17.7 Å². The van der Waals surface area contributed by atoms with Crippen LogP contribution in [0.15, 0.2) is 54.1 Å². The van der Waals surface area contributed by atoms with Crippen molar-refractivity contribution in [1.29, 1.82) is 0 Å². The first-order valence-electron chi connectivity index (χ1n) is 11.2. The summed E-state index contributed by atoms with van der Waals surface area (Å²) in [5.41, 5.74) is 1.16. The largest absolute Gasteiger partial charge is 0.507 e. The summed E-state index contributed by atoms with van der Waals surface area (Å²) in [7, 11) is 3.81. The Bertz CT molecular complexity index is 1030. The Hall–Kier alpha value is -3.32. The lowest BCUT2D eigenvalue weighted by atomic mass is 9.94. The minimum atomic E-state index is -0.751. The van der Waals surface area contributed by atoms with E-state index in [0.29, 0.717) is 42.3 Å². The van der Waals surface area contributed by atoms with E-state index in [9.17, 15) is 14.7 Å². The van der Waals surface area contributed by atoms with Crippen molar-refractivity contribution in [2.24, 2.45) is 0 Å². The number of likely N-dealkylation sites (tertiary alicyclic amines) is 1. The SMILES string of the molecule is CCOc1ccccc1[C@H]1C(=C(O)c2ccc(OC(C)C)cc2)C(=O)C(=O)N1CCN(C)C. The van der Waals surface area contributed by atoms with Crippen molar-refractivity contribution in [2.75, 3.05) is 33.8 Å². The molecule has 0 aliphatic carbocycles. The molecule has 1 heterocycles. The number of amides is 1. The van der Waals surface area contributed by atoms with Crippen LogP contribution in [0, 0.1) is 0 Å². The Labute approximate surface area is 195 Å². The van der Waals surface area contributed by atoms with Gasteiger partial charge in [-0.2, -0.15) is 0 Å². The number of nitrogens with zero attached hydrogens (tertiary/aromatic N) is 2. The molecule has 1 amide bonds. The van der Waals surface area contributed by atoms with Gasteiger partial charge in [0.25, 0.3) is 11.7 Å². The van der Waals surface area contributed by atoms with Gasteiger partial charge in [0.05, 0.1) is 24.3 Å². The summed E-state index contributed by atoms with van der Waals surface area (Å²) in [6.07, 6.45) is 0.0153. The van der Waals surface area contributed by atoms with Crippen molar-refractivity contribution in [2.45, 2.75) is 32.9 Å². The summed E-state index contributed by atoms with van der Waals surface area (Å²) in [4.78, 5) is 29.7. The molecule has 33 heavy (non-hydrogen) atoms. The zero-order chi connectivity index (χ0) is 24.1. The molecule has 3 rings (SSSR count). The number of para-hydroxylation sites is 1. The van der Waals surface area contributed by atoms with E-state index in [0.717, 1.165) is 0 Å². The Kier molecular flexibility index (Phi) is 7.76. The summed E-state index contributed by atoms with van der Waals surface area (Å²) in [6.45, 7) is 7.08. The average molecular weight is 453 g/mol. The van der Waals surface area contributed by atoms with E-state index >= 15 is 0 Å². The number of carbonyl (C=O) groups excluding carboxylic acids is 2. The van der Waals surface area contributed by atoms with Crippen LogP contribution >= 0.6 is 0 Å². The van der Waals surface area contributed by atoms with Gasteiger partial charge in [0, 0.05) is 24.2 Å². The summed E-state index contributed by atoms with van der Waals surface area (Å²) >= 11 is 0. The van der Waals surface area contributed by atoms with Gasteiger partial charge in [-0.3, -0.25) is 9.59 Å². The number of Topliss-reactive ketones (excluding diaryl/α,β-unsaturated/α-hetero) is 1. The maximum Gasteiger partial charge on any atom is 0.295 e. The van der Waals surface area contributed by atoms with Crippen LogP contribution in [0.4, 0.5) is 0 Å². The van der Waals surface area contributed by atoms with Crippen LogP contribution in [0.5, 0.6) is 11.5 Å². The quantitative estimate of drug-likeness (QED) is 0.354. The van der Waals surface area contributed by atoms with E-state index in [-0.39, 0.29) is 17.4 Å². The molecule has 1 aliphatic rings. The number of aliphatic hydroxyl groups excluding tert-OH is 1. The summed E-state index contributed by atoms with van der Waals surface area (Å²) in [5, 5.41) is 11.2. The first-order chi connectivity index (χ1) is 15.7. The molecule has 0 unspecified atom stereocenters. The molecule has 0 bridgehead atoms. The lowest BCUT2D eigenvalue weighted by Crippen LogP contribution is -2.35. The lowest BCUT2D eigenvalue weighted by Gasteiger charge is -2.27. The highest BCUT2D eigenvalue weighted by molar-refractivity contribution is 6.46. The van der Waals surface area contributed by atoms with Gasteiger partial charge in [-0.15, -0.1) is 0 Å². The molecule has 2 aromatic rings. The van der Waals surface area contributed by atoms with Crippen LogP contribution in [-0.4, -0.2) is 66.5 Å². The molecule has 1 N–H and O–H groups in total. The predicted molar refractivity (Wildman–Crippen MR) is 127 cm³/mol. The highest BCUT2D eigenvalue weighted by Crippen LogP contribution is 2.42. The third-order valence-electron chi connectivity index (χ3n) is 5.34. The van der Waals surface area contributed by atoms with Gasteiger partial charge in [-0.25, -0.2) is 0 Å². The fourth-order valence-electron chi connectivity index (χ4n) is 3.85. The standard InChI is InChI=1S/C26H32N2O5/c1-6-32-21-10-8-7-9-20(21)23-22(25(30)26(31)28(23)16-15-27(4)5)24(29)18-11-13-19(14-12-18)33-17(2)3/h7-14,17,23,29H,6,15-16H2,1-5H3/t23-/m0/s1. The van der Waals surface area contributed by atoms with E-state index in [2.05, 4.69) is 0 Å². The van der Waals surface area contributed by atoms with Crippen molar-refractivity contribution in [3.05, 3.63) is 65.2 Å². The molecule has 7 heteroatoms. The normalized spacial score (nSPS) is 17.8. The second-order valence-corrected chi connectivity index (χ2v) is 8.46. The number of benzene rings is 2. The van der Waals surface area contributed by atoms with Gasteiger partial charge >= 0.3 is 0 Å². The summed E-state index contributed by atoms with van der Waals surface area (Å²) in [6, 6.07) is 13.4. The van der Waals surface area contributed by atoms with E-state index in [1.807, 2.05) is 64.0 Å². The molecule has 176 valence electrons. The number of rotatable bonds is 9. The zero-order valence-corrected chi connectivity index (χ0v) is 19.9. The van der Waals surface area contributed by atoms with Crippen molar-refractivity contribution >= 4 is 17.4 Å². The molecule has 0 spiro atoms. The van der Waals surface area contributed by atoms with Gasteiger partial charge in [-0.05, 0) is 65.2 Å². The molecule has 2 aromatic carbocycles. The Morgan fingerprint density at radius 3 is 2.36 bits per heavy atom. The number of hydrogen-bond acceptors (Lipinski definition) is 6. The lowest BCUT2D eigenvalue weighted by molar-refractivity contribution is -0.140. The van der Waals surface area contributed by atoms with Crippen molar-refractivity contribution in [3.63, 3.8) is 0 Å². The molecule has 0 aromatic heterocycles. The number of aliphatic hydroxyl groups is 1. The van der Waals surface area contributed by atoms with Crippen LogP contribution in [0.2, 0.25) is 0 Å². The highest BCUT2D eigenvalue weighted by atomic mass is 16.5. The number of hydrogen-bond donors (Lipinski definition) is 1. The molecule has 1 aliphatic heterocycles. The maximum atomic E-state index is 13.2. The Morgan fingerprint density at radius 2 is 1.76 bits per heavy atom. The average Bonchev–Trinajstić information content (AvgIpc) is 3.02. The van der Waals surface area contributed by atoms with Gasteiger partial charge in [0.1, 0.15) is 17.3 Å². The van der Waals surface area contributed by atoms with Crippen LogP contribution in [0.1, 0.15) is 37.9 Å². The molecule has 7 nitrogen and oxygen atoms in total. The molecular weight excluding hydrogens is 420 g/mol. The topological polar surface area (TPSA) is 79.3 Å². The number of carbonyl (C=O) groups is 2. The third-order valence-corrected chi connectivity index (χ3v) is 5.34. The van der Waals surface area contributed by atoms with Crippen molar-refractivity contribution in [1.82, 2.24) is 9.80 Å². The first kappa shape index (κ1) is 24.3.